The fourth-order valence-electron chi connectivity index (χ4n) is 1.29. The highest BCUT2D eigenvalue weighted by Gasteiger charge is 2.10. The van der Waals surface area contributed by atoms with Gasteiger partial charge in [0.2, 0.25) is 0 Å². The van der Waals surface area contributed by atoms with Gasteiger partial charge in [-0.25, -0.2) is 4.39 Å². The second kappa shape index (κ2) is 5.44. The van der Waals surface area contributed by atoms with Crippen molar-refractivity contribution in [3.63, 3.8) is 0 Å². The molecule has 0 spiro atoms. The second-order valence-corrected chi connectivity index (χ2v) is 4.12. The number of benzene rings is 1. The highest BCUT2D eigenvalue weighted by Crippen LogP contribution is 2.22. The van der Waals surface area contributed by atoms with Crippen LogP contribution in [0, 0.1) is 5.82 Å². The van der Waals surface area contributed by atoms with Crippen LogP contribution >= 0.6 is 15.9 Å². The predicted molar refractivity (Wildman–Crippen MR) is 59.3 cm³/mol. The van der Waals surface area contributed by atoms with Gasteiger partial charge in [-0.05, 0) is 37.6 Å². The van der Waals surface area contributed by atoms with Crippen molar-refractivity contribution in [1.82, 2.24) is 0 Å². The van der Waals surface area contributed by atoms with Crippen molar-refractivity contribution in [3.8, 4) is 0 Å². The molecule has 14 heavy (non-hydrogen) atoms. The Morgan fingerprint density at radius 1 is 1.43 bits per heavy atom. The molecule has 0 saturated carbocycles. The van der Waals surface area contributed by atoms with Gasteiger partial charge < -0.3 is 11.5 Å². The topological polar surface area (TPSA) is 52.0 Å². The largest absolute Gasteiger partial charge is 0.330 e. The first-order valence-corrected chi connectivity index (χ1v) is 5.35. The highest BCUT2D eigenvalue weighted by molar-refractivity contribution is 9.10. The Kier molecular flexibility index (Phi) is 4.51. The Hall–Kier alpha value is -0.450. The maximum absolute atomic E-state index is 13.3. The van der Waals surface area contributed by atoms with Crippen molar-refractivity contribution in [2.75, 3.05) is 6.54 Å². The second-order valence-electron chi connectivity index (χ2n) is 3.20. The van der Waals surface area contributed by atoms with Crippen LogP contribution in [0.3, 0.4) is 0 Å². The van der Waals surface area contributed by atoms with E-state index in [1.54, 1.807) is 12.1 Å². The third-order valence-corrected chi connectivity index (χ3v) is 2.57. The van der Waals surface area contributed by atoms with Crippen LogP contribution in [0.5, 0.6) is 0 Å². The van der Waals surface area contributed by atoms with Crippen molar-refractivity contribution in [3.05, 3.63) is 34.1 Å². The zero-order valence-corrected chi connectivity index (χ0v) is 9.43. The molecule has 4 N–H and O–H groups in total. The summed E-state index contributed by atoms with van der Waals surface area (Å²) < 4.78 is 14.2. The first kappa shape index (κ1) is 11.6. The van der Waals surface area contributed by atoms with Gasteiger partial charge in [0.25, 0.3) is 0 Å². The average Bonchev–Trinajstić information content (AvgIpc) is 2.18. The molecule has 2 nitrogen and oxygen atoms in total. The minimum Gasteiger partial charge on any atom is -0.330 e. The lowest BCUT2D eigenvalue weighted by molar-refractivity contribution is 0.553. The summed E-state index contributed by atoms with van der Waals surface area (Å²) in [7, 11) is 0. The van der Waals surface area contributed by atoms with Crippen LogP contribution in [0.25, 0.3) is 0 Å². The Morgan fingerprint density at radius 2 is 2.14 bits per heavy atom. The minimum absolute atomic E-state index is 0.252. The SMILES string of the molecule is NCCCC(N)c1cc(Br)ccc1F. The molecule has 78 valence electrons. The summed E-state index contributed by atoms with van der Waals surface area (Å²) in [4.78, 5) is 0. The molecule has 0 saturated heterocycles. The van der Waals surface area contributed by atoms with Crippen LogP contribution < -0.4 is 11.5 Å². The van der Waals surface area contributed by atoms with Gasteiger partial charge in [0.05, 0.1) is 0 Å². The first-order valence-electron chi connectivity index (χ1n) is 4.55. The summed E-state index contributed by atoms with van der Waals surface area (Å²) in [5, 5.41) is 0. The van der Waals surface area contributed by atoms with Crippen molar-refractivity contribution in [2.45, 2.75) is 18.9 Å². The van der Waals surface area contributed by atoms with Gasteiger partial charge in [0, 0.05) is 16.1 Å². The summed E-state index contributed by atoms with van der Waals surface area (Å²) in [6, 6.07) is 4.53. The maximum Gasteiger partial charge on any atom is 0.128 e. The van der Waals surface area contributed by atoms with Gasteiger partial charge in [-0.15, -0.1) is 0 Å². The molecule has 0 fully saturated rings. The molecule has 0 aliphatic heterocycles. The highest BCUT2D eigenvalue weighted by atomic mass is 79.9. The summed E-state index contributed by atoms with van der Waals surface area (Å²) in [5.41, 5.74) is 11.7. The quantitative estimate of drug-likeness (QED) is 0.873. The molecule has 1 rings (SSSR count). The minimum atomic E-state index is -0.268. The van der Waals surface area contributed by atoms with E-state index in [-0.39, 0.29) is 11.9 Å². The fraction of sp³-hybridized carbons (Fsp3) is 0.400. The van der Waals surface area contributed by atoms with Crippen LogP contribution in [0.1, 0.15) is 24.4 Å². The molecule has 1 unspecified atom stereocenters. The normalized spacial score (nSPS) is 12.9. The molecule has 0 radical (unpaired) electrons. The molecule has 0 heterocycles. The van der Waals surface area contributed by atoms with E-state index < -0.39 is 0 Å². The van der Waals surface area contributed by atoms with E-state index in [0.29, 0.717) is 18.5 Å². The van der Waals surface area contributed by atoms with Crippen LogP contribution in [-0.2, 0) is 0 Å². The summed E-state index contributed by atoms with van der Waals surface area (Å²) in [6.45, 7) is 0.587. The van der Waals surface area contributed by atoms with Crippen LogP contribution in [0.4, 0.5) is 4.39 Å². The number of hydrogen-bond donors (Lipinski definition) is 2. The van der Waals surface area contributed by atoms with E-state index in [9.17, 15) is 4.39 Å². The predicted octanol–water partition coefficient (Wildman–Crippen LogP) is 2.33. The lowest BCUT2D eigenvalue weighted by Gasteiger charge is -2.12. The molecule has 1 aromatic carbocycles. The van der Waals surface area contributed by atoms with E-state index in [2.05, 4.69) is 15.9 Å². The molecular weight excluding hydrogens is 247 g/mol. The molecule has 0 aliphatic carbocycles. The third-order valence-electron chi connectivity index (χ3n) is 2.08. The standard InChI is InChI=1S/C10H14BrFN2/c11-7-3-4-9(12)8(6-7)10(14)2-1-5-13/h3-4,6,10H,1-2,5,13-14H2. The Morgan fingerprint density at radius 3 is 2.79 bits per heavy atom. The number of hydrogen-bond acceptors (Lipinski definition) is 2. The van der Waals surface area contributed by atoms with Gasteiger partial charge in [0.1, 0.15) is 5.82 Å². The molecule has 4 heteroatoms. The van der Waals surface area contributed by atoms with Crippen molar-refractivity contribution >= 4 is 15.9 Å². The summed E-state index contributed by atoms with van der Waals surface area (Å²) in [5.74, 6) is -0.252. The molecule has 0 aliphatic rings. The van der Waals surface area contributed by atoms with Crippen molar-refractivity contribution in [2.24, 2.45) is 11.5 Å². The number of rotatable bonds is 4. The molecule has 1 atom stereocenters. The fourth-order valence-corrected chi connectivity index (χ4v) is 1.67. The average molecular weight is 261 g/mol. The smallest absolute Gasteiger partial charge is 0.128 e. The number of nitrogens with two attached hydrogens (primary N) is 2. The molecule has 0 aromatic heterocycles. The van der Waals surface area contributed by atoms with Gasteiger partial charge in [-0.3, -0.25) is 0 Å². The molecule has 0 amide bonds. The van der Waals surface area contributed by atoms with Crippen LogP contribution in [0.15, 0.2) is 22.7 Å². The monoisotopic (exact) mass is 260 g/mol. The maximum atomic E-state index is 13.3. The van der Waals surface area contributed by atoms with Gasteiger partial charge in [-0.1, -0.05) is 15.9 Å². The van der Waals surface area contributed by atoms with E-state index in [1.165, 1.54) is 6.07 Å². The van der Waals surface area contributed by atoms with Gasteiger partial charge >= 0.3 is 0 Å². The van der Waals surface area contributed by atoms with Gasteiger partial charge in [-0.2, -0.15) is 0 Å². The number of halogens is 2. The zero-order valence-electron chi connectivity index (χ0n) is 7.84. The van der Waals surface area contributed by atoms with E-state index in [4.69, 9.17) is 11.5 Å². The Labute approximate surface area is 91.6 Å². The third kappa shape index (κ3) is 3.04. The molecule has 1 aromatic rings. The van der Waals surface area contributed by atoms with Crippen LogP contribution in [0.2, 0.25) is 0 Å². The van der Waals surface area contributed by atoms with Gasteiger partial charge in [0.15, 0.2) is 0 Å². The molecule has 0 bridgehead atoms. The lowest BCUT2D eigenvalue weighted by Crippen LogP contribution is -2.14. The first-order chi connectivity index (χ1) is 6.65. The van der Waals surface area contributed by atoms with E-state index >= 15 is 0 Å². The van der Waals surface area contributed by atoms with Crippen LogP contribution in [-0.4, -0.2) is 6.54 Å². The van der Waals surface area contributed by atoms with Crippen molar-refractivity contribution in [1.29, 1.82) is 0 Å². The van der Waals surface area contributed by atoms with Crippen molar-refractivity contribution < 1.29 is 4.39 Å². The summed E-state index contributed by atoms with van der Waals surface area (Å²) >= 11 is 3.29. The molecular formula is C10H14BrFN2. The summed E-state index contributed by atoms with van der Waals surface area (Å²) in [6.07, 6.45) is 1.52. The Bertz CT molecular complexity index is 304. The zero-order chi connectivity index (χ0) is 10.6. The lowest BCUT2D eigenvalue weighted by atomic mass is 10.0. The Balaban J connectivity index is 2.77. The van der Waals surface area contributed by atoms with E-state index in [1.807, 2.05) is 0 Å². The van der Waals surface area contributed by atoms with E-state index in [0.717, 1.165) is 10.9 Å².